The van der Waals surface area contributed by atoms with Crippen molar-refractivity contribution in [2.75, 3.05) is 0 Å². The molecule has 3 N–H and O–H groups in total. The molecule has 2 amide bonds. The quantitative estimate of drug-likeness (QED) is 0.411. The molecule has 31 heavy (non-hydrogen) atoms. The van der Waals surface area contributed by atoms with Crippen molar-refractivity contribution in [2.24, 2.45) is 0 Å². The summed E-state index contributed by atoms with van der Waals surface area (Å²) in [4.78, 5) is 31.9. The molecule has 4 rings (SSSR count). The van der Waals surface area contributed by atoms with E-state index < -0.39 is 6.04 Å². The number of amides is 2. The Bertz CT molecular complexity index is 1230. The van der Waals surface area contributed by atoms with Gasteiger partial charge in [0.25, 0.3) is 0 Å². The fourth-order valence-electron chi connectivity index (χ4n) is 3.33. The van der Waals surface area contributed by atoms with Gasteiger partial charge in [-0.2, -0.15) is 4.98 Å². The Hall–Kier alpha value is -3.65. The molecule has 1 unspecified atom stereocenters. The number of nitrogens with one attached hydrogen (secondary N) is 3. The Labute approximate surface area is 183 Å². The predicted octanol–water partition coefficient (Wildman–Crippen LogP) is 3.23. The summed E-state index contributed by atoms with van der Waals surface area (Å²) in [6, 6.07) is 14.1. The molecule has 158 valence electrons. The molecule has 2 aromatic carbocycles. The van der Waals surface area contributed by atoms with Crippen LogP contribution >= 0.6 is 11.6 Å². The van der Waals surface area contributed by atoms with Crippen LogP contribution in [0.4, 0.5) is 0 Å². The van der Waals surface area contributed by atoms with Gasteiger partial charge < -0.3 is 20.1 Å². The lowest BCUT2D eigenvalue weighted by atomic mass is 10.0. The van der Waals surface area contributed by atoms with Gasteiger partial charge in [-0.3, -0.25) is 9.59 Å². The van der Waals surface area contributed by atoms with Gasteiger partial charge in [0.15, 0.2) is 0 Å². The summed E-state index contributed by atoms with van der Waals surface area (Å²) < 4.78 is 5.22. The zero-order valence-electron chi connectivity index (χ0n) is 16.7. The number of aromatic amines is 1. The molecule has 0 bridgehead atoms. The van der Waals surface area contributed by atoms with E-state index >= 15 is 0 Å². The molecule has 0 radical (unpaired) electrons. The zero-order chi connectivity index (χ0) is 21.8. The second kappa shape index (κ2) is 9.01. The first-order valence-corrected chi connectivity index (χ1v) is 10.1. The van der Waals surface area contributed by atoms with Crippen molar-refractivity contribution >= 4 is 34.3 Å². The molecule has 0 saturated carbocycles. The topological polar surface area (TPSA) is 113 Å². The Kier molecular flexibility index (Phi) is 5.99. The monoisotopic (exact) mass is 437 g/mol. The maximum atomic E-state index is 12.8. The number of hydrogen-bond donors (Lipinski definition) is 3. The molecule has 0 spiro atoms. The first-order valence-electron chi connectivity index (χ1n) is 9.68. The van der Waals surface area contributed by atoms with Crippen LogP contribution in [0.1, 0.15) is 18.4 Å². The highest BCUT2D eigenvalue weighted by molar-refractivity contribution is 6.30. The third-order valence-electron chi connectivity index (χ3n) is 4.76. The fourth-order valence-corrected chi connectivity index (χ4v) is 3.52. The fraction of sp³-hybridized carbons (Fsp3) is 0.182. The third-order valence-corrected chi connectivity index (χ3v) is 4.99. The maximum Gasteiger partial charge on any atom is 0.246 e. The number of H-pyrrole nitrogens is 1. The van der Waals surface area contributed by atoms with Gasteiger partial charge >= 0.3 is 0 Å². The summed E-state index contributed by atoms with van der Waals surface area (Å²) in [6.45, 7) is 1.42. The Morgan fingerprint density at radius 3 is 2.84 bits per heavy atom. The normalized spacial score (nSPS) is 11.9. The van der Waals surface area contributed by atoms with E-state index in [2.05, 4.69) is 25.8 Å². The molecule has 9 heteroatoms. The number of benzene rings is 2. The van der Waals surface area contributed by atoms with Crippen molar-refractivity contribution < 1.29 is 14.1 Å². The number of carbonyl (C=O) groups is 2. The van der Waals surface area contributed by atoms with Crippen LogP contribution < -0.4 is 10.6 Å². The van der Waals surface area contributed by atoms with E-state index in [4.69, 9.17) is 16.1 Å². The molecule has 2 heterocycles. The average molecular weight is 438 g/mol. The third kappa shape index (κ3) is 4.92. The number of nitrogens with zero attached hydrogens (tertiary/aromatic N) is 2. The highest BCUT2D eigenvalue weighted by Crippen LogP contribution is 2.21. The first-order chi connectivity index (χ1) is 15.0. The highest BCUT2D eigenvalue weighted by atomic mass is 35.5. The molecule has 4 aromatic rings. The Morgan fingerprint density at radius 2 is 2.03 bits per heavy atom. The van der Waals surface area contributed by atoms with Crippen molar-refractivity contribution in [3.8, 4) is 11.4 Å². The Balaban J connectivity index is 1.44. The molecule has 0 aliphatic rings. The summed E-state index contributed by atoms with van der Waals surface area (Å²) in [5, 5.41) is 11.0. The van der Waals surface area contributed by atoms with Gasteiger partial charge in [-0.15, -0.1) is 0 Å². The molecule has 0 saturated heterocycles. The minimum atomic E-state index is -0.743. The van der Waals surface area contributed by atoms with Crippen LogP contribution in [0, 0.1) is 0 Å². The van der Waals surface area contributed by atoms with Crippen molar-refractivity contribution in [1.29, 1.82) is 0 Å². The van der Waals surface area contributed by atoms with Crippen LogP contribution in [0.2, 0.25) is 5.02 Å². The van der Waals surface area contributed by atoms with Crippen molar-refractivity contribution in [3.05, 3.63) is 71.2 Å². The second-order valence-corrected chi connectivity index (χ2v) is 7.49. The average Bonchev–Trinajstić information content (AvgIpc) is 3.39. The van der Waals surface area contributed by atoms with E-state index in [1.165, 1.54) is 6.92 Å². The number of halogens is 1. The largest absolute Gasteiger partial charge is 0.361 e. The number of para-hydroxylation sites is 1. The molecule has 2 aromatic heterocycles. The minimum Gasteiger partial charge on any atom is -0.361 e. The van der Waals surface area contributed by atoms with E-state index in [1.807, 2.05) is 36.5 Å². The van der Waals surface area contributed by atoms with E-state index in [-0.39, 0.29) is 24.2 Å². The molecular formula is C22H20ClN5O3. The van der Waals surface area contributed by atoms with Gasteiger partial charge in [-0.1, -0.05) is 47.1 Å². The van der Waals surface area contributed by atoms with Crippen LogP contribution in [0.5, 0.6) is 0 Å². The van der Waals surface area contributed by atoms with Gasteiger partial charge in [0.05, 0.1) is 6.54 Å². The lowest BCUT2D eigenvalue weighted by molar-refractivity contribution is -0.128. The van der Waals surface area contributed by atoms with E-state index in [0.717, 1.165) is 16.5 Å². The van der Waals surface area contributed by atoms with Crippen LogP contribution in [-0.4, -0.2) is 33.0 Å². The van der Waals surface area contributed by atoms with Gasteiger partial charge in [-0.25, -0.2) is 0 Å². The lowest BCUT2D eigenvalue weighted by Gasteiger charge is -2.16. The number of aromatic nitrogens is 3. The minimum absolute atomic E-state index is 0.0381. The number of fused-ring (bicyclic) bond motifs is 1. The van der Waals surface area contributed by atoms with Gasteiger partial charge in [0.1, 0.15) is 6.04 Å². The number of rotatable bonds is 7. The lowest BCUT2D eigenvalue weighted by Crippen LogP contribution is -2.47. The molecule has 8 nitrogen and oxygen atoms in total. The standard InChI is InChI=1S/C22H20ClN5O3/c1-13(29)26-19(10-15-11-24-18-8-3-2-7-17(15)18)22(30)25-12-20-27-21(28-31-20)14-5-4-6-16(23)9-14/h2-9,11,19,24H,10,12H2,1H3,(H,25,30)(H,26,29). The summed E-state index contributed by atoms with van der Waals surface area (Å²) in [7, 11) is 0. The summed E-state index contributed by atoms with van der Waals surface area (Å²) in [5.41, 5.74) is 2.62. The number of hydrogen-bond acceptors (Lipinski definition) is 5. The zero-order valence-corrected chi connectivity index (χ0v) is 17.4. The van der Waals surface area contributed by atoms with E-state index in [0.29, 0.717) is 22.8 Å². The van der Waals surface area contributed by atoms with Crippen molar-refractivity contribution in [2.45, 2.75) is 25.9 Å². The summed E-state index contributed by atoms with van der Waals surface area (Å²) in [6.07, 6.45) is 2.19. The van der Waals surface area contributed by atoms with E-state index in [1.54, 1.807) is 18.2 Å². The maximum absolute atomic E-state index is 12.8. The second-order valence-electron chi connectivity index (χ2n) is 7.06. The van der Waals surface area contributed by atoms with Crippen LogP contribution in [-0.2, 0) is 22.6 Å². The van der Waals surface area contributed by atoms with Crippen molar-refractivity contribution in [1.82, 2.24) is 25.8 Å². The predicted molar refractivity (Wildman–Crippen MR) is 116 cm³/mol. The Morgan fingerprint density at radius 1 is 1.19 bits per heavy atom. The summed E-state index contributed by atoms with van der Waals surface area (Å²) >= 11 is 6.00. The summed E-state index contributed by atoms with van der Waals surface area (Å²) in [5.74, 6) is -0.00930. The van der Waals surface area contributed by atoms with E-state index in [9.17, 15) is 9.59 Å². The SMILES string of the molecule is CC(=O)NC(Cc1c[nH]c2ccccc12)C(=O)NCc1nc(-c2cccc(Cl)c2)no1. The molecule has 0 fully saturated rings. The first kappa shape index (κ1) is 20.6. The van der Waals surface area contributed by atoms with Crippen molar-refractivity contribution in [3.63, 3.8) is 0 Å². The van der Waals surface area contributed by atoms with Gasteiger partial charge in [-0.05, 0) is 23.8 Å². The molecular weight excluding hydrogens is 418 g/mol. The van der Waals surface area contributed by atoms with Gasteiger partial charge in [0, 0.05) is 41.0 Å². The van der Waals surface area contributed by atoms with Crippen LogP contribution in [0.25, 0.3) is 22.3 Å². The highest BCUT2D eigenvalue weighted by Gasteiger charge is 2.22. The van der Waals surface area contributed by atoms with Crippen LogP contribution in [0.15, 0.2) is 59.3 Å². The molecule has 0 aliphatic carbocycles. The molecule has 0 aliphatic heterocycles. The van der Waals surface area contributed by atoms with Crippen LogP contribution in [0.3, 0.4) is 0 Å². The van der Waals surface area contributed by atoms with Gasteiger partial charge in [0.2, 0.25) is 23.5 Å². The number of carbonyl (C=O) groups excluding carboxylic acids is 2. The smallest absolute Gasteiger partial charge is 0.246 e. The molecule has 1 atom stereocenters.